The number of rotatable bonds is 3. The molecule has 3 heteroatoms. The number of carbonyl (C=O) groups excluding carboxylic acids is 1. The first kappa shape index (κ1) is 14.1. The average molecular weight is 289 g/mol. The van der Waals surface area contributed by atoms with Crippen LogP contribution in [0.15, 0.2) is 48.5 Å². The van der Waals surface area contributed by atoms with Crippen LogP contribution in [0.3, 0.4) is 0 Å². The molecule has 0 saturated heterocycles. The minimum Gasteiger partial charge on any atom is -0.423 e. The van der Waals surface area contributed by atoms with Crippen molar-refractivity contribution in [1.29, 1.82) is 5.26 Å². The molecule has 0 N–H and O–H groups in total. The molecular formula is C19H15NO2. The second-order valence-corrected chi connectivity index (χ2v) is 5.20. The molecule has 0 atom stereocenters. The van der Waals surface area contributed by atoms with Crippen LogP contribution in [0.25, 0.3) is 16.9 Å². The maximum absolute atomic E-state index is 11.9. The van der Waals surface area contributed by atoms with Gasteiger partial charge in [-0.25, -0.2) is 4.79 Å². The summed E-state index contributed by atoms with van der Waals surface area (Å²) >= 11 is 0. The van der Waals surface area contributed by atoms with Gasteiger partial charge in [-0.15, -0.1) is 0 Å². The van der Waals surface area contributed by atoms with Gasteiger partial charge >= 0.3 is 5.97 Å². The van der Waals surface area contributed by atoms with Gasteiger partial charge in [0.2, 0.25) is 0 Å². The van der Waals surface area contributed by atoms with E-state index in [9.17, 15) is 4.79 Å². The summed E-state index contributed by atoms with van der Waals surface area (Å²) in [6.07, 6.45) is 3.85. The molecule has 0 aromatic heterocycles. The lowest BCUT2D eigenvalue weighted by Crippen LogP contribution is -1.93. The number of carbonyl (C=O) groups is 1. The second-order valence-electron chi connectivity index (χ2n) is 5.20. The molecule has 1 aliphatic heterocycles. The number of nitriles is 1. The minimum atomic E-state index is -0.288. The van der Waals surface area contributed by atoms with E-state index in [0.29, 0.717) is 16.9 Å². The number of ether oxygens (including phenoxy) is 1. The Hall–Kier alpha value is -2.86. The number of hydrogen-bond donors (Lipinski definition) is 0. The number of fused-ring (bicyclic) bond motifs is 1. The number of esters is 1. The number of cyclic esters (lactones) is 1. The van der Waals surface area contributed by atoms with Crippen molar-refractivity contribution in [3.8, 4) is 17.2 Å². The van der Waals surface area contributed by atoms with Gasteiger partial charge in [-0.3, -0.25) is 0 Å². The van der Waals surface area contributed by atoms with E-state index >= 15 is 0 Å². The Labute approximate surface area is 129 Å². The van der Waals surface area contributed by atoms with Gasteiger partial charge in [0, 0.05) is 5.56 Å². The van der Waals surface area contributed by atoms with E-state index in [4.69, 9.17) is 10.00 Å². The zero-order valence-corrected chi connectivity index (χ0v) is 12.3. The molecule has 1 heterocycles. The van der Waals surface area contributed by atoms with E-state index in [1.54, 1.807) is 18.2 Å². The summed E-state index contributed by atoms with van der Waals surface area (Å²) in [7, 11) is 0. The van der Waals surface area contributed by atoms with Crippen LogP contribution in [0, 0.1) is 11.3 Å². The Morgan fingerprint density at radius 2 is 1.82 bits per heavy atom. The van der Waals surface area contributed by atoms with Gasteiger partial charge in [0.25, 0.3) is 0 Å². The van der Waals surface area contributed by atoms with E-state index in [-0.39, 0.29) is 5.97 Å². The van der Waals surface area contributed by atoms with Crippen LogP contribution >= 0.6 is 0 Å². The van der Waals surface area contributed by atoms with Gasteiger partial charge < -0.3 is 4.74 Å². The van der Waals surface area contributed by atoms with Crippen molar-refractivity contribution in [1.82, 2.24) is 0 Å². The standard InChI is InChI=1S/C19H15NO2/c1-2-3-4-18-17-11-15(9-10-16(17)19(21)22-18)14-7-5-13(12-20)6-8-14/h4-11H,2-3H2,1H3/b18-4-. The third kappa shape index (κ3) is 2.51. The summed E-state index contributed by atoms with van der Waals surface area (Å²) in [6, 6.07) is 15.2. The molecule has 0 amide bonds. The minimum absolute atomic E-state index is 0.288. The fourth-order valence-electron chi connectivity index (χ4n) is 2.48. The predicted molar refractivity (Wildman–Crippen MR) is 84.9 cm³/mol. The molecule has 0 aliphatic carbocycles. The molecule has 3 rings (SSSR count). The Morgan fingerprint density at radius 3 is 2.50 bits per heavy atom. The van der Waals surface area contributed by atoms with Crippen molar-refractivity contribution in [3.05, 3.63) is 65.2 Å². The second kappa shape index (κ2) is 5.87. The highest BCUT2D eigenvalue weighted by Crippen LogP contribution is 2.33. The van der Waals surface area contributed by atoms with Crippen molar-refractivity contribution in [2.75, 3.05) is 0 Å². The van der Waals surface area contributed by atoms with Crippen LogP contribution in [-0.2, 0) is 4.74 Å². The molecule has 0 unspecified atom stereocenters. The molecule has 3 nitrogen and oxygen atoms in total. The molecule has 2 aromatic rings. The average Bonchev–Trinajstić information content (AvgIpc) is 2.88. The highest BCUT2D eigenvalue weighted by Gasteiger charge is 2.26. The summed E-state index contributed by atoms with van der Waals surface area (Å²) in [5, 5.41) is 8.86. The molecule has 0 bridgehead atoms. The van der Waals surface area contributed by atoms with Crippen LogP contribution < -0.4 is 0 Å². The SMILES string of the molecule is CCC/C=C1\OC(=O)c2ccc(-c3ccc(C#N)cc3)cc21. The van der Waals surface area contributed by atoms with Gasteiger partial charge in [-0.1, -0.05) is 31.5 Å². The lowest BCUT2D eigenvalue weighted by Gasteiger charge is -2.04. The van der Waals surface area contributed by atoms with Crippen LogP contribution in [0.4, 0.5) is 0 Å². The molecule has 2 aromatic carbocycles. The molecule has 0 saturated carbocycles. The van der Waals surface area contributed by atoms with Crippen molar-refractivity contribution in [2.24, 2.45) is 0 Å². The summed E-state index contributed by atoms with van der Waals surface area (Å²) in [6.45, 7) is 2.09. The van der Waals surface area contributed by atoms with E-state index < -0.39 is 0 Å². The monoisotopic (exact) mass is 289 g/mol. The van der Waals surface area contributed by atoms with Gasteiger partial charge in [0.05, 0.1) is 17.2 Å². The summed E-state index contributed by atoms with van der Waals surface area (Å²) in [5.74, 6) is 0.362. The predicted octanol–water partition coefficient (Wildman–Crippen LogP) is 4.54. The van der Waals surface area contributed by atoms with E-state index in [1.165, 1.54) is 0 Å². The molecule has 22 heavy (non-hydrogen) atoms. The van der Waals surface area contributed by atoms with Gasteiger partial charge in [-0.2, -0.15) is 5.26 Å². The van der Waals surface area contributed by atoms with Gasteiger partial charge in [0.1, 0.15) is 5.76 Å². The van der Waals surface area contributed by atoms with Crippen molar-refractivity contribution < 1.29 is 9.53 Å². The third-order valence-corrected chi connectivity index (χ3v) is 3.67. The van der Waals surface area contributed by atoms with Crippen LogP contribution in [0.2, 0.25) is 0 Å². The van der Waals surface area contributed by atoms with Crippen molar-refractivity contribution in [3.63, 3.8) is 0 Å². The van der Waals surface area contributed by atoms with E-state index in [1.807, 2.05) is 30.3 Å². The van der Waals surface area contributed by atoms with Crippen molar-refractivity contribution in [2.45, 2.75) is 19.8 Å². The Kier molecular flexibility index (Phi) is 3.76. The largest absolute Gasteiger partial charge is 0.423 e. The first-order valence-corrected chi connectivity index (χ1v) is 7.30. The first-order valence-electron chi connectivity index (χ1n) is 7.30. The molecular weight excluding hydrogens is 274 g/mol. The Morgan fingerprint density at radius 1 is 1.09 bits per heavy atom. The molecule has 0 spiro atoms. The molecule has 108 valence electrons. The fourth-order valence-corrected chi connectivity index (χ4v) is 2.48. The van der Waals surface area contributed by atoms with E-state index in [0.717, 1.165) is 29.5 Å². The topological polar surface area (TPSA) is 50.1 Å². The first-order chi connectivity index (χ1) is 10.7. The summed E-state index contributed by atoms with van der Waals surface area (Å²) < 4.78 is 5.34. The van der Waals surface area contributed by atoms with Crippen molar-refractivity contribution >= 4 is 11.7 Å². The fraction of sp³-hybridized carbons (Fsp3) is 0.158. The van der Waals surface area contributed by atoms with Gasteiger partial charge in [0.15, 0.2) is 0 Å². The highest BCUT2D eigenvalue weighted by atomic mass is 16.5. The van der Waals surface area contributed by atoms with Gasteiger partial charge in [-0.05, 0) is 47.9 Å². The lowest BCUT2D eigenvalue weighted by molar-refractivity contribution is 0.0715. The summed E-state index contributed by atoms with van der Waals surface area (Å²) in [4.78, 5) is 11.9. The molecule has 0 fully saturated rings. The number of benzene rings is 2. The highest BCUT2D eigenvalue weighted by molar-refractivity contribution is 6.03. The quantitative estimate of drug-likeness (QED) is 0.780. The maximum atomic E-state index is 11.9. The third-order valence-electron chi connectivity index (χ3n) is 3.67. The smallest absolute Gasteiger partial charge is 0.344 e. The number of unbranched alkanes of at least 4 members (excludes halogenated alkanes) is 1. The van der Waals surface area contributed by atoms with Crippen LogP contribution in [-0.4, -0.2) is 5.97 Å². The maximum Gasteiger partial charge on any atom is 0.344 e. The molecule has 1 aliphatic rings. The zero-order chi connectivity index (χ0) is 15.5. The molecule has 0 radical (unpaired) electrons. The summed E-state index contributed by atoms with van der Waals surface area (Å²) in [5.41, 5.74) is 4.10. The van der Waals surface area contributed by atoms with Crippen LogP contribution in [0.1, 0.15) is 41.3 Å². The van der Waals surface area contributed by atoms with E-state index in [2.05, 4.69) is 13.0 Å². The lowest BCUT2D eigenvalue weighted by atomic mass is 9.98. The number of hydrogen-bond acceptors (Lipinski definition) is 3. The Bertz CT molecular complexity index is 795. The normalized spacial score (nSPS) is 14.5. The zero-order valence-electron chi connectivity index (χ0n) is 12.3. The number of nitrogens with zero attached hydrogens (tertiary/aromatic N) is 1. The number of allylic oxidation sites excluding steroid dienone is 1. The Balaban J connectivity index is 2.02. The van der Waals surface area contributed by atoms with Crippen LogP contribution in [0.5, 0.6) is 0 Å².